The van der Waals surface area contributed by atoms with E-state index in [1.807, 2.05) is 24.3 Å². The number of aromatic nitrogens is 2. The molecule has 1 aromatic heterocycles. The van der Waals surface area contributed by atoms with Crippen molar-refractivity contribution in [2.24, 2.45) is 11.3 Å². The number of aromatic amines is 1. The summed E-state index contributed by atoms with van der Waals surface area (Å²) in [4.78, 5) is 0. The first kappa shape index (κ1) is 15.4. The molecule has 1 heterocycles. The van der Waals surface area contributed by atoms with Crippen LogP contribution in [0.2, 0.25) is 0 Å². The molecular formula is C17H25N3O. The van der Waals surface area contributed by atoms with Gasteiger partial charge in [-0.2, -0.15) is 5.10 Å². The molecule has 0 amide bonds. The fourth-order valence-corrected chi connectivity index (χ4v) is 2.23. The number of nitrogen functional groups attached to an aromatic ring is 1. The maximum Gasteiger partial charge on any atom is 0.153 e. The summed E-state index contributed by atoms with van der Waals surface area (Å²) in [5.74, 6) is 1.91. The number of rotatable bonds is 4. The number of methoxy groups -OCH3 is 1. The number of nitrogens with one attached hydrogen (secondary N) is 1. The van der Waals surface area contributed by atoms with Crippen LogP contribution >= 0.6 is 0 Å². The highest BCUT2D eigenvalue weighted by molar-refractivity contribution is 5.76. The van der Waals surface area contributed by atoms with E-state index in [-0.39, 0.29) is 5.41 Å². The van der Waals surface area contributed by atoms with Crippen molar-refractivity contribution < 1.29 is 4.74 Å². The van der Waals surface area contributed by atoms with Gasteiger partial charge < -0.3 is 10.5 Å². The van der Waals surface area contributed by atoms with Gasteiger partial charge in [0.2, 0.25) is 0 Å². The molecule has 0 bridgehead atoms. The summed E-state index contributed by atoms with van der Waals surface area (Å²) in [5, 5.41) is 7.29. The van der Waals surface area contributed by atoms with Crippen molar-refractivity contribution in [2.45, 2.75) is 34.1 Å². The summed E-state index contributed by atoms with van der Waals surface area (Å²) in [6.07, 6.45) is 0.926. The lowest BCUT2D eigenvalue weighted by molar-refractivity contribution is 0.258. The summed E-state index contributed by atoms with van der Waals surface area (Å²) in [6.45, 7) is 9.02. The van der Waals surface area contributed by atoms with Crippen molar-refractivity contribution in [1.29, 1.82) is 0 Å². The first-order valence-corrected chi connectivity index (χ1v) is 7.30. The van der Waals surface area contributed by atoms with Crippen LogP contribution in [0.25, 0.3) is 11.1 Å². The van der Waals surface area contributed by atoms with Crippen LogP contribution < -0.4 is 10.5 Å². The van der Waals surface area contributed by atoms with Gasteiger partial charge in [0.1, 0.15) is 5.75 Å². The third-order valence-corrected chi connectivity index (χ3v) is 4.24. The predicted octanol–water partition coefficient (Wildman–Crippen LogP) is 3.89. The Labute approximate surface area is 126 Å². The highest BCUT2D eigenvalue weighted by atomic mass is 16.5. The first-order valence-electron chi connectivity index (χ1n) is 7.30. The summed E-state index contributed by atoms with van der Waals surface area (Å²) < 4.78 is 5.20. The molecule has 114 valence electrons. The zero-order chi connectivity index (χ0) is 15.6. The Kier molecular flexibility index (Phi) is 4.26. The molecule has 4 nitrogen and oxygen atoms in total. The lowest BCUT2D eigenvalue weighted by atomic mass is 9.79. The minimum absolute atomic E-state index is 0.247. The van der Waals surface area contributed by atoms with E-state index in [0.29, 0.717) is 11.7 Å². The van der Waals surface area contributed by atoms with Gasteiger partial charge >= 0.3 is 0 Å². The highest BCUT2D eigenvalue weighted by Crippen LogP contribution is 2.34. The van der Waals surface area contributed by atoms with E-state index >= 15 is 0 Å². The number of nitrogens with two attached hydrogens (primary N) is 1. The molecule has 0 radical (unpaired) electrons. The highest BCUT2D eigenvalue weighted by Gasteiger charge is 2.23. The molecule has 0 saturated heterocycles. The summed E-state index contributed by atoms with van der Waals surface area (Å²) >= 11 is 0. The summed E-state index contributed by atoms with van der Waals surface area (Å²) in [6, 6.07) is 7.92. The Balaban J connectivity index is 2.33. The van der Waals surface area contributed by atoms with E-state index in [4.69, 9.17) is 10.5 Å². The van der Waals surface area contributed by atoms with Crippen molar-refractivity contribution in [2.75, 3.05) is 12.8 Å². The van der Waals surface area contributed by atoms with Gasteiger partial charge in [-0.05, 0) is 35.4 Å². The van der Waals surface area contributed by atoms with E-state index in [0.717, 1.165) is 29.0 Å². The molecule has 0 fully saturated rings. The van der Waals surface area contributed by atoms with Crippen LogP contribution in [0.5, 0.6) is 5.75 Å². The molecule has 21 heavy (non-hydrogen) atoms. The van der Waals surface area contributed by atoms with Gasteiger partial charge in [0.15, 0.2) is 5.82 Å². The second-order valence-corrected chi connectivity index (χ2v) is 6.66. The molecule has 0 aliphatic heterocycles. The van der Waals surface area contributed by atoms with Crippen LogP contribution in [0.1, 0.15) is 33.4 Å². The van der Waals surface area contributed by atoms with Crippen LogP contribution in [-0.2, 0) is 6.42 Å². The van der Waals surface area contributed by atoms with Crippen LogP contribution in [0, 0.1) is 11.3 Å². The van der Waals surface area contributed by atoms with E-state index < -0.39 is 0 Å². The van der Waals surface area contributed by atoms with E-state index in [9.17, 15) is 0 Å². The predicted molar refractivity (Wildman–Crippen MR) is 87.3 cm³/mol. The molecule has 0 aliphatic rings. The zero-order valence-corrected chi connectivity index (χ0v) is 13.5. The Bertz CT molecular complexity index is 593. The molecule has 1 atom stereocenters. The quantitative estimate of drug-likeness (QED) is 0.896. The number of benzene rings is 1. The molecule has 0 saturated carbocycles. The normalized spacial score (nSPS) is 13.2. The maximum atomic E-state index is 6.06. The second-order valence-electron chi connectivity index (χ2n) is 6.66. The lowest BCUT2D eigenvalue weighted by Gasteiger charge is -2.27. The van der Waals surface area contributed by atoms with E-state index in [1.165, 1.54) is 0 Å². The molecule has 0 spiro atoms. The third-order valence-electron chi connectivity index (χ3n) is 4.24. The minimum Gasteiger partial charge on any atom is -0.497 e. The zero-order valence-electron chi connectivity index (χ0n) is 13.5. The molecule has 4 heteroatoms. The topological polar surface area (TPSA) is 63.9 Å². The SMILES string of the molecule is COc1ccc(-c2c(N)n[nH]c2CC(C)C(C)(C)C)cc1. The molecule has 0 aliphatic carbocycles. The Morgan fingerprint density at radius 2 is 1.86 bits per heavy atom. The number of hydrogen-bond acceptors (Lipinski definition) is 3. The van der Waals surface area contributed by atoms with Crippen molar-refractivity contribution in [3.05, 3.63) is 30.0 Å². The van der Waals surface area contributed by atoms with Crippen molar-refractivity contribution in [3.8, 4) is 16.9 Å². The molecule has 2 aromatic rings. The van der Waals surface area contributed by atoms with Gasteiger partial charge in [-0.25, -0.2) is 0 Å². The van der Waals surface area contributed by atoms with Crippen LogP contribution in [0.3, 0.4) is 0 Å². The van der Waals surface area contributed by atoms with Crippen molar-refractivity contribution >= 4 is 5.82 Å². The smallest absolute Gasteiger partial charge is 0.153 e. The largest absolute Gasteiger partial charge is 0.497 e. The number of nitrogens with zero attached hydrogens (tertiary/aromatic N) is 1. The second kappa shape index (κ2) is 5.80. The Morgan fingerprint density at radius 1 is 1.24 bits per heavy atom. The van der Waals surface area contributed by atoms with Gasteiger partial charge in [-0.3, -0.25) is 5.10 Å². The number of anilines is 1. The maximum absolute atomic E-state index is 6.06. The van der Waals surface area contributed by atoms with Crippen molar-refractivity contribution in [3.63, 3.8) is 0 Å². The fourth-order valence-electron chi connectivity index (χ4n) is 2.23. The van der Waals surface area contributed by atoms with Crippen LogP contribution in [-0.4, -0.2) is 17.3 Å². The molecule has 1 aromatic carbocycles. The van der Waals surface area contributed by atoms with E-state index in [2.05, 4.69) is 37.9 Å². The van der Waals surface area contributed by atoms with Gasteiger partial charge in [0, 0.05) is 11.3 Å². The average molecular weight is 287 g/mol. The molecule has 2 rings (SSSR count). The summed E-state index contributed by atoms with van der Waals surface area (Å²) in [7, 11) is 1.66. The monoisotopic (exact) mass is 287 g/mol. The molecular weight excluding hydrogens is 262 g/mol. The Morgan fingerprint density at radius 3 is 2.38 bits per heavy atom. The third kappa shape index (κ3) is 3.38. The van der Waals surface area contributed by atoms with Gasteiger partial charge in [0.05, 0.1) is 7.11 Å². The average Bonchev–Trinajstić information content (AvgIpc) is 2.79. The number of ether oxygens (including phenoxy) is 1. The van der Waals surface area contributed by atoms with E-state index in [1.54, 1.807) is 7.11 Å². The summed E-state index contributed by atoms with van der Waals surface area (Å²) in [5.41, 5.74) is 9.48. The first-order chi connectivity index (χ1) is 9.82. The standard InChI is InChI=1S/C17H25N3O/c1-11(17(2,3)4)10-14-15(16(18)20-19-14)12-6-8-13(21-5)9-7-12/h6-9,11H,10H2,1-5H3,(H3,18,19,20). The van der Waals surface area contributed by atoms with Crippen molar-refractivity contribution in [1.82, 2.24) is 10.2 Å². The molecule has 1 unspecified atom stereocenters. The number of hydrogen-bond donors (Lipinski definition) is 2. The molecule has 3 N–H and O–H groups in total. The number of H-pyrrole nitrogens is 1. The Hall–Kier alpha value is -1.97. The lowest BCUT2D eigenvalue weighted by Crippen LogP contribution is -2.19. The van der Waals surface area contributed by atoms with Crippen LogP contribution in [0.15, 0.2) is 24.3 Å². The fraction of sp³-hybridized carbons (Fsp3) is 0.471. The van der Waals surface area contributed by atoms with Crippen LogP contribution in [0.4, 0.5) is 5.82 Å². The van der Waals surface area contributed by atoms with Gasteiger partial charge in [-0.15, -0.1) is 0 Å². The van der Waals surface area contributed by atoms with Gasteiger partial charge in [0.25, 0.3) is 0 Å². The van der Waals surface area contributed by atoms with Gasteiger partial charge in [-0.1, -0.05) is 39.8 Å². The minimum atomic E-state index is 0.247.